The van der Waals surface area contributed by atoms with Gasteiger partial charge in [0.2, 0.25) is 0 Å². The molecule has 2 aromatic heterocycles. The van der Waals surface area contributed by atoms with Crippen molar-refractivity contribution in [1.82, 2.24) is 9.97 Å². The molecule has 20 heavy (non-hydrogen) atoms. The fourth-order valence-corrected chi connectivity index (χ4v) is 3.07. The summed E-state index contributed by atoms with van der Waals surface area (Å²) in [6, 6.07) is 10.1. The molecule has 2 nitrogen and oxygen atoms in total. The van der Waals surface area contributed by atoms with Gasteiger partial charge < -0.3 is 0 Å². The molecule has 100 valence electrons. The highest BCUT2D eigenvalue weighted by atomic mass is 35.5. The van der Waals surface area contributed by atoms with Crippen LogP contribution in [0.3, 0.4) is 0 Å². The quantitative estimate of drug-likeness (QED) is 0.612. The van der Waals surface area contributed by atoms with Gasteiger partial charge in [0.25, 0.3) is 0 Å². The van der Waals surface area contributed by atoms with Crippen molar-refractivity contribution in [3.8, 4) is 22.6 Å². The van der Waals surface area contributed by atoms with E-state index in [1.807, 2.05) is 37.3 Å². The predicted octanol–water partition coefficient (Wildman–Crippen LogP) is 5.14. The molecule has 0 spiro atoms. The molecule has 0 aliphatic carbocycles. The van der Waals surface area contributed by atoms with Crippen LogP contribution >= 0.6 is 22.9 Å². The lowest BCUT2D eigenvalue weighted by molar-refractivity contribution is 1.14. The zero-order valence-electron chi connectivity index (χ0n) is 11.2. The van der Waals surface area contributed by atoms with Crippen LogP contribution in [-0.4, -0.2) is 9.97 Å². The number of aromatic nitrogens is 2. The van der Waals surface area contributed by atoms with Gasteiger partial charge in [-0.05, 0) is 24.8 Å². The number of hydrogen-bond acceptors (Lipinski definition) is 3. The molecular weight excluding hydrogens is 288 g/mol. The monoisotopic (exact) mass is 300 g/mol. The Bertz CT molecular complexity index is 750. The average Bonchev–Trinajstić information content (AvgIpc) is 2.89. The average molecular weight is 301 g/mol. The summed E-state index contributed by atoms with van der Waals surface area (Å²) in [4.78, 5) is 9.14. The Morgan fingerprint density at radius 3 is 2.40 bits per heavy atom. The fraction of sp³-hybridized carbons (Fsp3) is 0.125. The first-order chi connectivity index (χ1) is 9.66. The molecule has 0 aliphatic heterocycles. The Kier molecular flexibility index (Phi) is 3.55. The maximum atomic E-state index is 6.29. The molecule has 0 radical (unpaired) electrons. The molecule has 0 aliphatic rings. The molecule has 3 aromatic rings. The zero-order chi connectivity index (χ0) is 14.1. The molecule has 0 bridgehead atoms. The molecular formula is C16H13ClN2S. The van der Waals surface area contributed by atoms with Crippen molar-refractivity contribution >= 4 is 22.9 Å². The van der Waals surface area contributed by atoms with Gasteiger partial charge in [-0.25, -0.2) is 9.97 Å². The molecule has 0 fully saturated rings. The van der Waals surface area contributed by atoms with E-state index in [0.29, 0.717) is 11.0 Å². The van der Waals surface area contributed by atoms with Gasteiger partial charge in [0.15, 0.2) is 5.82 Å². The van der Waals surface area contributed by atoms with Gasteiger partial charge in [-0.3, -0.25) is 0 Å². The topological polar surface area (TPSA) is 25.8 Å². The smallest absolute Gasteiger partial charge is 0.162 e. The minimum Gasteiger partial charge on any atom is -0.228 e. The van der Waals surface area contributed by atoms with Gasteiger partial charge in [-0.15, -0.1) is 0 Å². The second kappa shape index (κ2) is 5.35. The molecule has 0 N–H and O–H groups in total. The molecule has 0 atom stereocenters. The van der Waals surface area contributed by atoms with Crippen molar-refractivity contribution in [3.63, 3.8) is 0 Å². The maximum absolute atomic E-state index is 6.29. The van der Waals surface area contributed by atoms with Crippen molar-refractivity contribution in [2.45, 2.75) is 13.8 Å². The van der Waals surface area contributed by atoms with Crippen LogP contribution in [-0.2, 0) is 0 Å². The number of halogens is 1. The van der Waals surface area contributed by atoms with Crippen molar-refractivity contribution in [3.05, 3.63) is 57.4 Å². The highest BCUT2D eigenvalue weighted by Crippen LogP contribution is 2.31. The first-order valence-electron chi connectivity index (χ1n) is 6.29. The van der Waals surface area contributed by atoms with E-state index in [0.717, 1.165) is 22.4 Å². The normalized spacial score (nSPS) is 10.8. The first kappa shape index (κ1) is 13.3. The third kappa shape index (κ3) is 2.35. The first-order valence-corrected chi connectivity index (χ1v) is 7.61. The van der Waals surface area contributed by atoms with E-state index in [4.69, 9.17) is 16.6 Å². The van der Waals surface area contributed by atoms with Crippen LogP contribution in [0.5, 0.6) is 0 Å². The predicted molar refractivity (Wildman–Crippen MR) is 85.3 cm³/mol. The number of benzene rings is 1. The van der Waals surface area contributed by atoms with Gasteiger partial charge in [0, 0.05) is 22.1 Å². The van der Waals surface area contributed by atoms with Crippen LogP contribution in [0.4, 0.5) is 0 Å². The lowest BCUT2D eigenvalue weighted by Gasteiger charge is -2.09. The summed E-state index contributed by atoms with van der Waals surface area (Å²) in [7, 11) is 0. The SMILES string of the molecule is Cc1cscc1-c1nc(Cl)c(C)c(-c2ccccc2)n1. The molecule has 3 rings (SSSR count). The van der Waals surface area contributed by atoms with Crippen LogP contribution < -0.4 is 0 Å². The largest absolute Gasteiger partial charge is 0.228 e. The molecule has 4 heteroatoms. The second-order valence-corrected chi connectivity index (χ2v) is 5.75. The van der Waals surface area contributed by atoms with Crippen LogP contribution in [0.1, 0.15) is 11.1 Å². The Labute approximate surface area is 127 Å². The van der Waals surface area contributed by atoms with Gasteiger partial charge >= 0.3 is 0 Å². The van der Waals surface area contributed by atoms with Crippen LogP contribution in [0, 0.1) is 13.8 Å². The fourth-order valence-electron chi connectivity index (χ4n) is 2.08. The Balaban J connectivity index is 2.21. The van der Waals surface area contributed by atoms with E-state index in [-0.39, 0.29) is 0 Å². The van der Waals surface area contributed by atoms with E-state index in [9.17, 15) is 0 Å². The summed E-state index contributed by atoms with van der Waals surface area (Å²) in [6.07, 6.45) is 0. The number of rotatable bonds is 2. The summed E-state index contributed by atoms with van der Waals surface area (Å²) in [5, 5.41) is 4.67. The van der Waals surface area contributed by atoms with Crippen molar-refractivity contribution in [1.29, 1.82) is 0 Å². The number of thiophene rings is 1. The Morgan fingerprint density at radius 2 is 1.75 bits per heavy atom. The second-order valence-electron chi connectivity index (χ2n) is 4.65. The molecule has 0 amide bonds. The van der Waals surface area contributed by atoms with Gasteiger partial charge in [0.05, 0.1) is 5.69 Å². The standard InChI is InChI=1S/C16H13ClN2S/c1-10-8-20-9-13(10)16-18-14(11(2)15(17)19-16)12-6-4-3-5-7-12/h3-9H,1-2H3. The van der Waals surface area contributed by atoms with Crippen LogP contribution in [0.15, 0.2) is 41.1 Å². The third-order valence-electron chi connectivity index (χ3n) is 3.23. The number of hydrogen-bond donors (Lipinski definition) is 0. The highest BCUT2D eigenvalue weighted by molar-refractivity contribution is 7.08. The minimum atomic E-state index is 0.513. The molecule has 2 heterocycles. The maximum Gasteiger partial charge on any atom is 0.162 e. The van der Waals surface area contributed by atoms with Crippen LogP contribution in [0.25, 0.3) is 22.6 Å². The number of aryl methyl sites for hydroxylation is 1. The van der Waals surface area contributed by atoms with E-state index >= 15 is 0 Å². The summed E-state index contributed by atoms with van der Waals surface area (Å²) in [5.74, 6) is 0.693. The molecule has 1 aromatic carbocycles. The van der Waals surface area contributed by atoms with E-state index in [2.05, 4.69) is 22.7 Å². The zero-order valence-corrected chi connectivity index (χ0v) is 12.8. The lowest BCUT2D eigenvalue weighted by Crippen LogP contribution is -1.97. The molecule has 0 saturated carbocycles. The van der Waals surface area contributed by atoms with E-state index in [1.54, 1.807) is 11.3 Å². The molecule has 0 unspecified atom stereocenters. The minimum absolute atomic E-state index is 0.513. The van der Waals surface area contributed by atoms with E-state index < -0.39 is 0 Å². The Hall–Kier alpha value is -1.71. The third-order valence-corrected chi connectivity index (χ3v) is 4.46. The van der Waals surface area contributed by atoms with Crippen molar-refractivity contribution in [2.75, 3.05) is 0 Å². The van der Waals surface area contributed by atoms with Gasteiger partial charge in [-0.2, -0.15) is 11.3 Å². The summed E-state index contributed by atoms with van der Waals surface area (Å²) < 4.78 is 0. The number of nitrogens with zero attached hydrogens (tertiary/aromatic N) is 2. The Morgan fingerprint density at radius 1 is 1.00 bits per heavy atom. The highest BCUT2D eigenvalue weighted by Gasteiger charge is 2.14. The van der Waals surface area contributed by atoms with Crippen molar-refractivity contribution in [2.24, 2.45) is 0 Å². The van der Waals surface area contributed by atoms with Crippen LogP contribution in [0.2, 0.25) is 5.15 Å². The van der Waals surface area contributed by atoms with Gasteiger partial charge in [-0.1, -0.05) is 41.9 Å². The summed E-state index contributed by atoms with van der Waals surface area (Å²) in [5.41, 5.74) is 5.09. The summed E-state index contributed by atoms with van der Waals surface area (Å²) in [6.45, 7) is 4.01. The van der Waals surface area contributed by atoms with Gasteiger partial charge in [0.1, 0.15) is 5.15 Å². The lowest BCUT2D eigenvalue weighted by atomic mass is 10.1. The van der Waals surface area contributed by atoms with E-state index in [1.165, 1.54) is 5.56 Å². The van der Waals surface area contributed by atoms with Crippen molar-refractivity contribution < 1.29 is 0 Å². The molecule has 0 saturated heterocycles. The summed E-state index contributed by atoms with van der Waals surface area (Å²) >= 11 is 7.94.